The highest BCUT2D eigenvalue weighted by Gasteiger charge is 2.35. The first-order valence-corrected chi connectivity index (χ1v) is 14.0. The normalized spacial score (nSPS) is 17.3. The number of likely N-dealkylation sites (tertiary alicyclic amines) is 1. The van der Waals surface area contributed by atoms with E-state index in [-0.39, 0.29) is 23.8 Å². The fourth-order valence-corrected chi connectivity index (χ4v) is 5.01. The quantitative estimate of drug-likeness (QED) is 0.377. The largest absolute Gasteiger partial charge is 0.489 e. The fraction of sp³-hybridized carbons (Fsp3) is 0.406. The molecule has 39 heavy (non-hydrogen) atoms. The standard InChI is InChI=1S/C32H38N4O3/c1-22-8-10-24(11-9-22)23(2)20-34-30(25-6-4-3-5-7-25)31(37)35-29-15-14-28(21-33-29)39-27-16-18-36(19-17-27)32(38)26-12-13-26/h3-11,14-15,21,23,26-27,30,34H,12-13,16-20H2,1-2H3,(H,33,35,37)/t23-,30-/m1/s1. The number of aryl methyl sites for hydroxylation is 1. The average Bonchev–Trinajstić information content (AvgIpc) is 3.81. The summed E-state index contributed by atoms with van der Waals surface area (Å²) in [4.78, 5) is 32.1. The van der Waals surface area contributed by atoms with Crippen molar-refractivity contribution in [3.63, 3.8) is 0 Å². The van der Waals surface area contributed by atoms with Crippen LogP contribution >= 0.6 is 0 Å². The van der Waals surface area contributed by atoms with Crippen molar-refractivity contribution in [3.05, 3.63) is 89.6 Å². The molecule has 1 saturated heterocycles. The molecule has 1 aliphatic heterocycles. The zero-order valence-electron chi connectivity index (χ0n) is 22.8. The molecular formula is C32H38N4O3. The number of hydrogen-bond acceptors (Lipinski definition) is 5. The number of carbonyl (C=O) groups is 2. The van der Waals surface area contributed by atoms with Crippen molar-refractivity contribution < 1.29 is 14.3 Å². The lowest BCUT2D eigenvalue weighted by Gasteiger charge is -2.32. The Balaban J connectivity index is 1.16. The van der Waals surface area contributed by atoms with E-state index in [9.17, 15) is 9.59 Å². The van der Waals surface area contributed by atoms with Gasteiger partial charge in [0.2, 0.25) is 11.8 Å². The lowest BCUT2D eigenvalue weighted by atomic mass is 9.98. The minimum absolute atomic E-state index is 0.0673. The van der Waals surface area contributed by atoms with Gasteiger partial charge in [0.05, 0.1) is 6.20 Å². The Morgan fingerprint density at radius 3 is 2.31 bits per heavy atom. The predicted octanol–water partition coefficient (Wildman–Crippen LogP) is 5.24. The second-order valence-corrected chi connectivity index (χ2v) is 10.8. The molecule has 1 aromatic heterocycles. The predicted molar refractivity (Wildman–Crippen MR) is 153 cm³/mol. The molecule has 1 aliphatic carbocycles. The zero-order valence-corrected chi connectivity index (χ0v) is 22.8. The summed E-state index contributed by atoms with van der Waals surface area (Å²) in [6.07, 6.45) is 5.45. The number of piperidine rings is 1. The molecule has 0 unspecified atom stereocenters. The van der Waals surface area contributed by atoms with Gasteiger partial charge in [-0.3, -0.25) is 9.59 Å². The molecule has 2 amide bonds. The van der Waals surface area contributed by atoms with Crippen molar-refractivity contribution in [2.75, 3.05) is 25.0 Å². The van der Waals surface area contributed by atoms with Gasteiger partial charge in [0.15, 0.2) is 0 Å². The lowest BCUT2D eigenvalue weighted by Crippen LogP contribution is -2.42. The van der Waals surface area contributed by atoms with Gasteiger partial charge in [-0.15, -0.1) is 0 Å². The van der Waals surface area contributed by atoms with E-state index in [2.05, 4.69) is 53.7 Å². The molecule has 7 nitrogen and oxygen atoms in total. The molecule has 2 fully saturated rings. The number of nitrogens with zero attached hydrogens (tertiary/aromatic N) is 2. The third kappa shape index (κ3) is 7.24. The lowest BCUT2D eigenvalue weighted by molar-refractivity contribution is -0.134. The molecule has 5 rings (SSSR count). The van der Waals surface area contributed by atoms with E-state index in [4.69, 9.17) is 4.74 Å². The van der Waals surface area contributed by atoms with Crippen molar-refractivity contribution >= 4 is 17.6 Å². The van der Waals surface area contributed by atoms with E-state index in [1.807, 2.05) is 41.3 Å². The summed E-state index contributed by atoms with van der Waals surface area (Å²) in [6, 6.07) is 21.4. The molecule has 204 valence electrons. The second kappa shape index (κ2) is 12.4. The average molecular weight is 527 g/mol. The third-order valence-corrected chi connectivity index (χ3v) is 7.64. The summed E-state index contributed by atoms with van der Waals surface area (Å²) in [7, 11) is 0. The van der Waals surface area contributed by atoms with E-state index < -0.39 is 6.04 Å². The topological polar surface area (TPSA) is 83.6 Å². The Kier molecular flexibility index (Phi) is 8.57. The van der Waals surface area contributed by atoms with Crippen LogP contribution in [0.2, 0.25) is 0 Å². The second-order valence-electron chi connectivity index (χ2n) is 10.8. The Morgan fingerprint density at radius 1 is 0.949 bits per heavy atom. The van der Waals surface area contributed by atoms with E-state index in [1.165, 1.54) is 11.1 Å². The maximum atomic E-state index is 13.4. The molecule has 1 saturated carbocycles. The first-order chi connectivity index (χ1) is 19.0. The van der Waals surface area contributed by atoms with Crippen molar-refractivity contribution in [2.24, 2.45) is 5.92 Å². The fourth-order valence-electron chi connectivity index (χ4n) is 5.01. The van der Waals surface area contributed by atoms with E-state index >= 15 is 0 Å². The van der Waals surface area contributed by atoms with Gasteiger partial charge in [-0.2, -0.15) is 0 Å². The molecule has 0 radical (unpaired) electrons. The molecule has 0 spiro atoms. The molecule has 2 N–H and O–H groups in total. The Bertz CT molecular complexity index is 1230. The van der Waals surface area contributed by atoms with Crippen LogP contribution in [0.3, 0.4) is 0 Å². The number of amides is 2. The Morgan fingerprint density at radius 2 is 1.67 bits per heavy atom. The molecule has 2 aromatic carbocycles. The molecule has 2 heterocycles. The highest BCUT2D eigenvalue weighted by atomic mass is 16.5. The smallest absolute Gasteiger partial charge is 0.247 e. The van der Waals surface area contributed by atoms with Gasteiger partial charge < -0.3 is 20.3 Å². The first-order valence-electron chi connectivity index (χ1n) is 14.0. The Labute approximate surface area is 231 Å². The van der Waals surface area contributed by atoms with Gasteiger partial charge in [-0.1, -0.05) is 67.1 Å². The van der Waals surface area contributed by atoms with Crippen LogP contribution in [0, 0.1) is 12.8 Å². The minimum Gasteiger partial charge on any atom is -0.489 e. The van der Waals surface area contributed by atoms with Gasteiger partial charge in [0.25, 0.3) is 0 Å². The van der Waals surface area contributed by atoms with Crippen molar-refractivity contribution in [3.8, 4) is 5.75 Å². The summed E-state index contributed by atoms with van der Waals surface area (Å²) in [5.41, 5.74) is 3.37. The van der Waals surface area contributed by atoms with Gasteiger partial charge >= 0.3 is 0 Å². The summed E-state index contributed by atoms with van der Waals surface area (Å²) < 4.78 is 6.12. The van der Waals surface area contributed by atoms with Crippen molar-refractivity contribution in [1.82, 2.24) is 15.2 Å². The summed E-state index contributed by atoms with van der Waals surface area (Å²) in [5, 5.41) is 6.43. The highest BCUT2D eigenvalue weighted by molar-refractivity contribution is 5.94. The first kappa shape index (κ1) is 26.9. The molecular weight excluding hydrogens is 488 g/mol. The maximum absolute atomic E-state index is 13.4. The monoisotopic (exact) mass is 526 g/mol. The van der Waals surface area contributed by atoms with Gasteiger partial charge in [-0.25, -0.2) is 4.98 Å². The number of aromatic nitrogens is 1. The molecule has 2 atom stereocenters. The number of hydrogen-bond donors (Lipinski definition) is 2. The van der Waals surface area contributed by atoms with Gasteiger partial charge in [0.1, 0.15) is 23.7 Å². The molecule has 2 aliphatic rings. The van der Waals surface area contributed by atoms with Crippen LogP contribution < -0.4 is 15.4 Å². The van der Waals surface area contributed by atoms with Gasteiger partial charge in [-0.05, 0) is 48.9 Å². The zero-order chi connectivity index (χ0) is 27.2. The number of ether oxygens (including phenoxy) is 1. The van der Waals surface area contributed by atoms with Crippen LogP contribution in [-0.4, -0.2) is 47.4 Å². The van der Waals surface area contributed by atoms with Crippen molar-refractivity contribution in [1.29, 1.82) is 0 Å². The van der Waals surface area contributed by atoms with Gasteiger partial charge in [0, 0.05) is 38.4 Å². The summed E-state index contributed by atoms with van der Waals surface area (Å²) in [6.45, 7) is 6.39. The van der Waals surface area contributed by atoms with Crippen LogP contribution in [0.15, 0.2) is 72.9 Å². The Hall–Kier alpha value is -3.71. The van der Waals surface area contributed by atoms with E-state index in [0.29, 0.717) is 24.0 Å². The number of benzene rings is 2. The van der Waals surface area contributed by atoms with E-state index in [0.717, 1.165) is 44.3 Å². The summed E-state index contributed by atoms with van der Waals surface area (Å²) >= 11 is 0. The number of rotatable bonds is 10. The maximum Gasteiger partial charge on any atom is 0.247 e. The molecule has 3 aromatic rings. The number of pyridine rings is 1. The molecule has 7 heteroatoms. The van der Waals surface area contributed by atoms with Crippen LogP contribution in [0.25, 0.3) is 0 Å². The summed E-state index contributed by atoms with van der Waals surface area (Å²) in [5.74, 6) is 1.81. The SMILES string of the molecule is Cc1ccc([C@H](C)CN[C@@H](C(=O)Nc2ccc(OC3CCN(C(=O)C4CC4)CC3)cn2)c2ccccc2)cc1. The third-order valence-electron chi connectivity index (χ3n) is 7.64. The van der Waals surface area contributed by atoms with Crippen LogP contribution in [-0.2, 0) is 9.59 Å². The van der Waals surface area contributed by atoms with E-state index in [1.54, 1.807) is 12.3 Å². The van der Waals surface area contributed by atoms with Crippen molar-refractivity contribution in [2.45, 2.75) is 57.6 Å². The van der Waals surface area contributed by atoms with Crippen LogP contribution in [0.5, 0.6) is 5.75 Å². The number of anilines is 1. The minimum atomic E-state index is -0.514. The van der Waals surface area contributed by atoms with Crippen LogP contribution in [0.4, 0.5) is 5.82 Å². The number of carbonyl (C=O) groups excluding carboxylic acids is 2. The highest BCUT2D eigenvalue weighted by Crippen LogP contribution is 2.32. The number of nitrogens with one attached hydrogen (secondary N) is 2. The van der Waals surface area contributed by atoms with Crippen LogP contribution in [0.1, 0.15) is 61.3 Å². The molecule has 0 bridgehead atoms.